The van der Waals surface area contributed by atoms with Crippen LogP contribution in [-0.2, 0) is 0 Å². The summed E-state index contributed by atoms with van der Waals surface area (Å²) in [6.07, 6.45) is 0. The molecule has 0 aliphatic rings. The van der Waals surface area contributed by atoms with Crippen molar-refractivity contribution in [2.45, 2.75) is 0 Å². The van der Waals surface area contributed by atoms with E-state index in [0.29, 0.717) is 0 Å². The molecular weight excluding hydrogens is 344 g/mol. The van der Waals surface area contributed by atoms with Crippen molar-refractivity contribution in [3.8, 4) is 32.7 Å². The molecule has 0 radical (unpaired) electrons. The van der Waals surface area contributed by atoms with E-state index in [2.05, 4.69) is 109 Å². The summed E-state index contributed by atoms with van der Waals surface area (Å²) in [4.78, 5) is 1.31. The topological polar surface area (TPSA) is 0 Å². The number of fused-ring (bicyclic) bond motifs is 1. The number of benzene rings is 4. The molecule has 27 heavy (non-hydrogen) atoms. The first kappa shape index (κ1) is 16.0. The minimum atomic E-state index is 1.26. The summed E-state index contributed by atoms with van der Waals surface area (Å²) in [5, 5.41) is 1.33. The van der Waals surface area contributed by atoms with Crippen LogP contribution in [0.25, 0.3) is 42.8 Å². The van der Waals surface area contributed by atoms with Gasteiger partial charge in [0.05, 0.1) is 0 Å². The van der Waals surface area contributed by atoms with Crippen molar-refractivity contribution >= 4 is 21.4 Å². The minimum absolute atomic E-state index is 1.26. The molecule has 5 rings (SSSR count). The average Bonchev–Trinajstić information content (AvgIpc) is 3.20. The van der Waals surface area contributed by atoms with E-state index in [1.54, 1.807) is 0 Å². The van der Waals surface area contributed by atoms with Gasteiger partial charge in [0.2, 0.25) is 0 Å². The van der Waals surface area contributed by atoms with Crippen LogP contribution in [0.5, 0.6) is 0 Å². The molecule has 0 unspecified atom stereocenters. The second-order valence-electron chi connectivity index (χ2n) is 6.61. The molecule has 0 amide bonds. The Balaban J connectivity index is 1.80. The lowest BCUT2D eigenvalue weighted by atomic mass is 9.96. The van der Waals surface area contributed by atoms with Crippen molar-refractivity contribution in [3.05, 3.63) is 109 Å². The number of thiophene rings is 1. The van der Waals surface area contributed by atoms with E-state index in [4.69, 9.17) is 0 Å². The van der Waals surface area contributed by atoms with Gasteiger partial charge in [-0.15, -0.1) is 11.3 Å². The van der Waals surface area contributed by atoms with E-state index >= 15 is 0 Å². The smallest absolute Gasteiger partial charge is 0.0434 e. The van der Waals surface area contributed by atoms with E-state index < -0.39 is 0 Å². The van der Waals surface area contributed by atoms with Crippen molar-refractivity contribution in [2.24, 2.45) is 0 Å². The Hall–Kier alpha value is -3.16. The Morgan fingerprint density at radius 2 is 0.926 bits per heavy atom. The molecule has 0 saturated heterocycles. The molecule has 0 spiro atoms. The SMILES string of the molecule is c1ccc(-c2cc3c(-c4ccccc4)ccc(-c4ccccc4)c3s2)cc1. The standard InChI is InChI=1S/C26H18S/c1-4-10-19(11-5-1)22-16-17-23(20-12-6-2-7-13-20)26-24(22)18-25(27-26)21-14-8-3-9-15-21/h1-18H. The Morgan fingerprint density at radius 3 is 1.52 bits per heavy atom. The third-order valence-corrected chi connectivity index (χ3v) is 6.13. The van der Waals surface area contributed by atoms with Gasteiger partial charge in [0.1, 0.15) is 0 Å². The molecule has 0 aliphatic carbocycles. The van der Waals surface area contributed by atoms with Crippen LogP contribution in [0.2, 0.25) is 0 Å². The largest absolute Gasteiger partial charge is 0.135 e. The molecule has 5 aromatic rings. The van der Waals surface area contributed by atoms with Gasteiger partial charge in [0.15, 0.2) is 0 Å². The van der Waals surface area contributed by atoms with E-state index in [1.165, 1.54) is 42.8 Å². The molecule has 0 aliphatic heterocycles. The van der Waals surface area contributed by atoms with Crippen LogP contribution in [0.4, 0.5) is 0 Å². The fourth-order valence-corrected chi connectivity index (χ4v) is 4.81. The molecule has 1 heterocycles. The maximum Gasteiger partial charge on any atom is 0.0434 e. The quantitative estimate of drug-likeness (QED) is 0.306. The zero-order valence-electron chi connectivity index (χ0n) is 14.8. The van der Waals surface area contributed by atoms with Gasteiger partial charge in [-0.25, -0.2) is 0 Å². The molecule has 0 fully saturated rings. The molecule has 0 nitrogen and oxygen atoms in total. The highest BCUT2D eigenvalue weighted by molar-refractivity contribution is 7.22. The summed E-state index contributed by atoms with van der Waals surface area (Å²) < 4.78 is 1.35. The maximum atomic E-state index is 2.35. The third-order valence-electron chi connectivity index (χ3n) is 4.91. The van der Waals surface area contributed by atoms with Crippen LogP contribution in [0.3, 0.4) is 0 Å². The predicted molar refractivity (Wildman–Crippen MR) is 118 cm³/mol. The highest BCUT2D eigenvalue weighted by Crippen LogP contribution is 2.43. The fraction of sp³-hybridized carbons (Fsp3) is 0. The molecule has 1 aromatic heterocycles. The van der Waals surface area contributed by atoms with E-state index in [0.717, 1.165) is 0 Å². The summed E-state index contributed by atoms with van der Waals surface area (Å²) in [5.41, 5.74) is 6.40. The monoisotopic (exact) mass is 362 g/mol. The lowest BCUT2D eigenvalue weighted by Gasteiger charge is -2.08. The van der Waals surface area contributed by atoms with Crippen molar-refractivity contribution in [1.29, 1.82) is 0 Å². The summed E-state index contributed by atoms with van der Waals surface area (Å²) >= 11 is 1.88. The normalized spacial score (nSPS) is 11.0. The van der Waals surface area contributed by atoms with Gasteiger partial charge in [-0.05, 0) is 33.9 Å². The molecule has 1 heteroatoms. The highest BCUT2D eigenvalue weighted by atomic mass is 32.1. The molecule has 0 saturated carbocycles. The summed E-state index contributed by atoms with van der Waals surface area (Å²) in [5.74, 6) is 0. The predicted octanol–water partition coefficient (Wildman–Crippen LogP) is 7.90. The van der Waals surface area contributed by atoms with Gasteiger partial charge in [0.25, 0.3) is 0 Å². The molecule has 0 N–H and O–H groups in total. The van der Waals surface area contributed by atoms with Crippen LogP contribution in [-0.4, -0.2) is 0 Å². The summed E-state index contributed by atoms with van der Waals surface area (Å²) in [7, 11) is 0. The van der Waals surface area contributed by atoms with Gasteiger partial charge in [0, 0.05) is 15.0 Å². The second-order valence-corrected chi connectivity index (χ2v) is 7.66. The lowest BCUT2D eigenvalue weighted by molar-refractivity contribution is 1.64. The van der Waals surface area contributed by atoms with Crippen molar-refractivity contribution in [3.63, 3.8) is 0 Å². The van der Waals surface area contributed by atoms with Crippen molar-refractivity contribution in [1.82, 2.24) is 0 Å². The van der Waals surface area contributed by atoms with Crippen LogP contribution < -0.4 is 0 Å². The summed E-state index contributed by atoms with van der Waals surface area (Å²) in [6.45, 7) is 0. The van der Waals surface area contributed by atoms with E-state index in [-0.39, 0.29) is 0 Å². The van der Waals surface area contributed by atoms with Gasteiger partial charge in [-0.1, -0.05) is 103 Å². The molecule has 0 bridgehead atoms. The van der Waals surface area contributed by atoms with Gasteiger partial charge >= 0.3 is 0 Å². The highest BCUT2D eigenvalue weighted by Gasteiger charge is 2.14. The van der Waals surface area contributed by atoms with Crippen molar-refractivity contribution < 1.29 is 0 Å². The Morgan fingerprint density at radius 1 is 0.444 bits per heavy atom. The molecule has 4 aromatic carbocycles. The van der Waals surface area contributed by atoms with E-state index in [9.17, 15) is 0 Å². The first-order chi connectivity index (χ1) is 13.4. The Bertz CT molecular complexity index is 1110. The van der Waals surface area contributed by atoms with E-state index in [1.807, 2.05) is 11.3 Å². The molecule has 128 valence electrons. The van der Waals surface area contributed by atoms with Crippen LogP contribution >= 0.6 is 11.3 Å². The van der Waals surface area contributed by atoms with Gasteiger partial charge in [-0.2, -0.15) is 0 Å². The average molecular weight is 362 g/mol. The minimum Gasteiger partial charge on any atom is -0.135 e. The Kier molecular flexibility index (Phi) is 4.08. The maximum absolute atomic E-state index is 2.35. The third kappa shape index (κ3) is 2.97. The first-order valence-electron chi connectivity index (χ1n) is 9.13. The summed E-state index contributed by atoms with van der Waals surface area (Å²) in [6, 6.07) is 38.9. The zero-order valence-corrected chi connectivity index (χ0v) is 15.6. The first-order valence-corrected chi connectivity index (χ1v) is 9.94. The number of rotatable bonds is 3. The molecule has 0 atom stereocenters. The second kappa shape index (κ2) is 6.86. The molecular formula is C26H18S. The fourth-order valence-electron chi connectivity index (χ4n) is 3.58. The van der Waals surface area contributed by atoms with Crippen molar-refractivity contribution in [2.75, 3.05) is 0 Å². The van der Waals surface area contributed by atoms with Crippen LogP contribution in [0, 0.1) is 0 Å². The number of hydrogen-bond donors (Lipinski definition) is 0. The Labute approximate surface area is 163 Å². The van der Waals surface area contributed by atoms with Gasteiger partial charge in [-0.3, -0.25) is 0 Å². The van der Waals surface area contributed by atoms with Crippen LogP contribution in [0.15, 0.2) is 109 Å². The van der Waals surface area contributed by atoms with Crippen LogP contribution in [0.1, 0.15) is 0 Å². The number of hydrogen-bond acceptors (Lipinski definition) is 1. The lowest BCUT2D eigenvalue weighted by Crippen LogP contribution is -1.82. The van der Waals surface area contributed by atoms with Gasteiger partial charge < -0.3 is 0 Å². The zero-order chi connectivity index (χ0) is 18.1.